The molecule has 0 aliphatic heterocycles. The molecule has 0 bridgehead atoms. The summed E-state index contributed by atoms with van der Waals surface area (Å²) in [6.07, 6.45) is 0. The van der Waals surface area contributed by atoms with E-state index in [0.717, 1.165) is 28.3 Å². The third-order valence-corrected chi connectivity index (χ3v) is 4.46. The van der Waals surface area contributed by atoms with Crippen LogP contribution in [0, 0.1) is 6.92 Å². The molecule has 134 valence electrons. The Hall–Kier alpha value is -3.06. The summed E-state index contributed by atoms with van der Waals surface area (Å²) in [5.74, 6) is 1.47. The van der Waals surface area contributed by atoms with E-state index in [1.807, 2.05) is 30.5 Å². The van der Waals surface area contributed by atoms with E-state index in [-0.39, 0.29) is 6.03 Å². The number of rotatable bonds is 5. The van der Waals surface area contributed by atoms with E-state index in [9.17, 15) is 4.79 Å². The number of anilines is 2. The van der Waals surface area contributed by atoms with Crippen LogP contribution in [-0.2, 0) is 0 Å². The van der Waals surface area contributed by atoms with E-state index in [1.54, 1.807) is 38.5 Å². The molecular weight excluding hydrogens is 350 g/mol. The van der Waals surface area contributed by atoms with Gasteiger partial charge in [-0.3, -0.25) is 5.32 Å². The highest BCUT2D eigenvalue weighted by Gasteiger charge is 2.12. The Balaban J connectivity index is 1.70. The summed E-state index contributed by atoms with van der Waals surface area (Å²) in [5, 5.41) is 7.90. The van der Waals surface area contributed by atoms with Crippen molar-refractivity contribution < 1.29 is 14.3 Å². The number of urea groups is 1. The number of amides is 2. The lowest BCUT2D eigenvalue weighted by atomic mass is 10.1. The lowest BCUT2D eigenvalue weighted by Gasteiger charge is -2.07. The molecule has 2 amide bonds. The van der Waals surface area contributed by atoms with Gasteiger partial charge in [0.1, 0.15) is 11.5 Å². The standard InChI is InChI=1S/C19H19N3O3S/c1-12-4-9-17(25-3)15(10-12)16-11-26-19(21-16)22-18(23)20-13-5-7-14(24-2)8-6-13/h4-11H,1-3H3,(H2,20,21,22,23). The molecule has 0 radical (unpaired) electrons. The fourth-order valence-corrected chi connectivity index (χ4v) is 3.12. The first kappa shape index (κ1) is 17.8. The van der Waals surface area contributed by atoms with Crippen molar-refractivity contribution in [1.29, 1.82) is 0 Å². The Morgan fingerprint density at radius 1 is 1.04 bits per heavy atom. The van der Waals surface area contributed by atoms with Gasteiger partial charge in [-0.1, -0.05) is 11.6 Å². The monoisotopic (exact) mass is 369 g/mol. The molecule has 0 atom stereocenters. The van der Waals surface area contributed by atoms with Crippen LogP contribution in [0.25, 0.3) is 11.3 Å². The van der Waals surface area contributed by atoms with Crippen LogP contribution in [0.2, 0.25) is 0 Å². The van der Waals surface area contributed by atoms with Crippen LogP contribution in [0.15, 0.2) is 47.8 Å². The maximum atomic E-state index is 12.1. The molecule has 3 aromatic rings. The third-order valence-electron chi connectivity index (χ3n) is 3.70. The van der Waals surface area contributed by atoms with Gasteiger partial charge in [-0.15, -0.1) is 11.3 Å². The molecule has 26 heavy (non-hydrogen) atoms. The number of thiazole rings is 1. The highest BCUT2D eigenvalue weighted by atomic mass is 32.1. The zero-order chi connectivity index (χ0) is 18.5. The van der Waals surface area contributed by atoms with Gasteiger partial charge in [-0.2, -0.15) is 0 Å². The van der Waals surface area contributed by atoms with Crippen molar-refractivity contribution in [3.05, 3.63) is 53.4 Å². The van der Waals surface area contributed by atoms with Crippen molar-refractivity contribution in [3.8, 4) is 22.8 Å². The number of hydrogen-bond donors (Lipinski definition) is 2. The van der Waals surface area contributed by atoms with Crippen molar-refractivity contribution in [2.75, 3.05) is 24.9 Å². The minimum Gasteiger partial charge on any atom is -0.497 e. The van der Waals surface area contributed by atoms with Gasteiger partial charge in [0.15, 0.2) is 5.13 Å². The Morgan fingerprint density at radius 3 is 2.50 bits per heavy atom. The summed E-state index contributed by atoms with van der Waals surface area (Å²) in [5.41, 5.74) is 3.43. The third kappa shape index (κ3) is 4.12. The molecule has 2 aromatic carbocycles. The summed E-state index contributed by atoms with van der Waals surface area (Å²) in [6.45, 7) is 2.01. The minimum atomic E-state index is -0.354. The summed E-state index contributed by atoms with van der Waals surface area (Å²) < 4.78 is 10.5. The average molecular weight is 369 g/mol. The van der Waals surface area contributed by atoms with Crippen LogP contribution in [-0.4, -0.2) is 25.2 Å². The molecule has 0 aliphatic carbocycles. The lowest BCUT2D eigenvalue weighted by molar-refractivity contribution is 0.262. The van der Waals surface area contributed by atoms with Crippen molar-refractivity contribution in [1.82, 2.24) is 4.98 Å². The molecule has 0 aliphatic rings. The molecule has 1 aromatic heterocycles. The maximum absolute atomic E-state index is 12.1. The predicted molar refractivity (Wildman–Crippen MR) is 104 cm³/mol. The van der Waals surface area contributed by atoms with Crippen LogP contribution in [0.5, 0.6) is 11.5 Å². The smallest absolute Gasteiger partial charge is 0.325 e. The molecule has 3 rings (SSSR count). The van der Waals surface area contributed by atoms with E-state index < -0.39 is 0 Å². The zero-order valence-electron chi connectivity index (χ0n) is 14.7. The SMILES string of the molecule is COc1ccc(NC(=O)Nc2nc(-c3cc(C)ccc3OC)cs2)cc1. The van der Waals surface area contributed by atoms with Crippen LogP contribution in [0.4, 0.5) is 15.6 Å². The van der Waals surface area contributed by atoms with E-state index in [4.69, 9.17) is 9.47 Å². The number of carbonyl (C=O) groups excluding carboxylic acids is 1. The average Bonchev–Trinajstić information content (AvgIpc) is 3.10. The van der Waals surface area contributed by atoms with Gasteiger partial charge in [0, 0.05) is 16.6 Å². The van der Waals surface area contributed by atoms with Crippen LogP contribution >= 0.6 is 11.3 Å². The number of carbonyl (C=O) groups is 1. The van der Waals surface area contributed by atoms with Gasteiger partial charge in [0.2, 0.25) is 0 Å². The van der Waals surface area contributed by atoms with Crippen LogP contribution in [0.1, 0.15) is 5.56 Å². The van der Waals surface area contributed by atoms with Crippen molar-refractivity contribution in [2.24, 2.45) is 0 Å². The summed E-state index contributed by atoms with van der Waals surface area (Å²) in [6, 6.07) is 12.6. The largest absolute Gasteiger partial charge is 0.497 e. The number of nitrogens with one attached hydrogen (secondary N) is 2. The molecule has 2 N–H and O–H groups in total. The second-order valence-electron chi connectivity index (χ2n) is 5.55. The zero-order valence-corrected chi connectivity index (χ0v) is 15.5. The molecule has 0 spiro atoms. The first-order valence-corrected chi connectivity index (χ1v) is 8.79. The number of methoxy groups -OCH3 is 2. The predicted octanol–water partition coefficient (Wildman–Crippen LogP) is 4.78. The highest BCUT2D eigenvalue weighted by Crippen LogP contribution is 2.33. The summed E-state index contributed by atoms with van der Waals surface area (Å²) in [4.78, 5) is 16.6. The number of ether oxygens (including phenoxy) is 2. The Labute approximate surface area is 155 Å². The first-order valence-electron chi connectivity index (χ1n) is 7.91. The Bertz CT molecular complexity index is 907. The van der Waals surface area contributed by atoms with E-state index in [1.165, 1.54) is 11.3 Å². The normalized spacial score (nSPS) is 10.3. The fraction of sp³-hybridized carbons (Fsp3) is 0.158. The molecule has 0 saturated carbocycles. The fourth-order valence-electron chi connectivity index (χ4n) is 2.41. The summed E-state index contributed by atoms with van der Waals surface area (Å²) in [7, 11) is 3.22. The van der Waals surface area contributed by atoms with Gasteiger partial charge in [0.05, 0.1) is 19.9 Å². The molecule has 7 heteroatoms. The van der Waals surface area contributed by atoms with Gasteiger partial charge in [-0.05, 0) is 43.3 Å². The van der Waals surface area contributed by atoms with Gasteiger partial charge >= 0.3 is 6.03 Å². The molecule has 0 unspecified atom stereocenters. The second kappa shape index (κ2) is 7.88. The van der Waals surface area contributed by atoms with E-state index in [2.05, 4.69) is 15.6 Å². The summed E-state index contributed by atoms with van der Waals surface area (Å²) >= 11 is 1.36. The second-order valence-corrected chi connectivity index (χ2v) is 6.41. The van der Waals surface area contributed by atoms with Crippen molar-refractivity contribution >= 4 is 28.2 Å². The molecule has 1 heterocycles. The minimum absolute atomic E-state index is 0.354. The maximum Gasteiger partial charge on any atom is 0.325 e. The topological polar surface area (TPSA) is 72.5 Å². The number of aryl methyl sites for hydroxylation is 1. The highest BCUT2D eigenvalue weighted by molar-refractivity contribution is 7.14. The Kier molecular flexibility index (Phi) is 5.38. The van der Waals surface area contributed by atoms with Gasteiger partial charge in [-0.25, -0.2) is 9.78 Å². The van der Waals surface area contributed by atoms with Crippen molar-refractivity contribution in [2.45, 2.75) is 6.92 Å². The Morgan fingerprint density at radius 2 is 1.81 bits per heavy atom. The number of nitrogens with zero attached hydrogens (tertiary/aromatic N) is 1. The van der Waals surface area contributed by atoms with Gasteiger partial charge < -0.3 is 14.8 Å². The number of aromatic nitrogens is 1. The number of hydrogen-bond acceptors (Lipinski definition) is 5. The number of benzene rings is 2. The van der Waals surface area contributed by atoms with Crippen molar-refractivity contribution in [3.63, 3.8) is 0 Å². The van der Waals surface area contributed by atoms with Crippen LogP contribution in [0.3, 0.4) is 0 Å². The quantitative estimate of drug-likeness (QED) is 0.679. The van der Waals surface area contributed by atoms with E-state index >= 15 is 0 Å². The first-order chi connectivity index (χ1) is 12.6. The van der Waals surface area contributed by atoms with E-state index in [0.29, 0.717) is 10.8 Å². The van der Waals surface area contributed by atoms with Crippen LogP contribution < -0.4 is 20.1 Å². The molecule has 6 nitrogen and oxygen atoms in total. The molecule has 0 fully saturated rings. The molecular formula is C19H19N3O3S. The van der Waals surface area contributed by atoms with Gasteiger partial charge in [0.25, 0.3) is 0 Å². The molecule has 0 saturated heterocycles. The lowest BCUT2D eigenvalue weighted by Crippen LogP contribution is -2.19.